The van der Waals surface area contributed by atoms with Gasteiger partial charge in [-0.2, -0.15) is 0 Å². The highest BCUT2D eigenvalue weighted by Crippen LogP contribution is 2.26. The molecule has 108 valence electrons. The molecular formula is C13H18N4O3. The highest BCUT2D eigenvalue weighted by atomic mass is 16.6. The molecule has 7 heteroatoms. The molecule has 0 aliphatic heterocycles. The molecule has 0 heterocycles. The molecule has 1 fully saturated rings. The molecule has 0 aromatic heterocycles. The van der Waals surface area contributed by atoms with Crippen molar-refractivity contribution in [2.45, 2.75) is 38.1 Å². The highest BCUT2D eigenvalue weighted by Gasteiger charge is 2.19. The number of hydrogen-bond donors (Lipinski definition) is 3. The van der Waals surface area contributed by atoms with Gasteiger partial charge in [-0.3, -0.25) is 20.3 Å². The molecule has 0 bridgehead atoms. The number of carbonyl (C=O) groups excluding carboxylic acids is 1. The molecular weight excluding hydrogens is 260 g/mol. The fourth-order valence-electron chi connectivity index (χ4n) is 2.50. The summed E-state index contributed by atoms with van der Waals surface area (Å²) in [5.41, 5.74) is 2.69. The van der Waals surface area contributed by atoms with E-state index < -0.39 is 10.8 Å². The van der Waals surface area contributed by atoms with E-state index in [1.165, 1.54) is 18.6 Å². The van der Waals surface area contributed by atoms with Gasteiger partial charge in [0.2, 0.25) is 0 Å². The number of nitrogens with one attached hydrogen (secondary N) is 2. The fourth-order valence-corrected chi connectivity index (χ4v) is 2.50. The summed E-state index contributed by atoms with van der Waals surface area (Å²) < 4.78 is 0. The molecule has 1 saturated carbocycles. The Morgan fingerprint density at radius 1 is 1.30 bits per heavy atom. The number of nitrogen functional groups attached to an aromatic ring is 1. The van der Waals surface area contributed by atoms with Gasteiger partial charge in [-0.25, -0.2) is 5.84 Å². The van der Waals surface area contributed by atoms with Crippen molar-refractivity contribution < 1.29 is 9.72 Å². The number of nitro groups is 1. The molecule has 2 rings (SSSR count). The Bertz CT molecular complexity index is 512. The number of anilines is 1. The van der Waals surface area contributed by atoms with E-state index in [-0.39, 0.29) is 11.3 Å². The van der Waals surface area contributed by atoms with Gasteiger partial charge in [0, 0.05) is 23.9 Å². The summed E-state index contributed by atoms with van der Waals surface area (Å²) in [6, 6.07) is 4.50. The van der Waals surface area contributed by atoms with Gasteiger partial charge in [-0.15, -0.1) is 0 Å². The number of benzene rings is 1. The maximum Gasteiger partial charge on any atom is 0.270 e. The number of non-ortho nitro benzene ring substituents is 1. The van der Waals surface area contributed by atoms with E-state index in [1.54, 1.807) is 6.07 Å². The average Bonchev–Trinajstić information content (AvgIpc) is 2.47. The zero-order chi connectivity index (χ0) is 14.5. The number of hydrogen-bond acceptors (Lipinski definition) is 5. The molecule has 1 amide bonds. The normalized spacial score (nSPS) is 15.7. The molecule has 0 radical (unpaired) electrons. The van der Waals surface area contributed by atoms with Crippen LogP contribution in [0, 0.1) is 10.1 Å². The topological polar surface area (TPSA) is 110 Å². The van der Waals surface area contributed by atoms with Crippen LogP contribution in [0.3, 0.4) is 0 Å². The molecule has 1 aliphatic carbocycles. The minimum Gasteiger partial charge on any atom is -0.382 e. The van der Waals surface area contributed by atoms with E-state index in [0.29, 0.717) is 11.7 Å². The van der Waals surface area contributed by atoms with E-state index in [1.807, 2.05) is 5.43 Å². The molecule has 1 aromatic rings. The Morgan fingerprint density at radius 3 is 2.60 bits per heavy atom. The van der Waals surface area contributed by atoms with E-state index >= 15 is 0 Å². The monoisotopic (exact) mass is 278 g/mol. The van der Waals surface area contributed by atoms with Crippen LogP contribution >= 0.6 is 0 Å². The maximum atomic E-state index is 11.8. The van der Waals surface area contributed by atoms with Gasteiger partial charge in [0.05, 0.1) is 10.5 Å². The largest absolute Gasteiger partial charge is 0.382 e. The lowest BCUT2D eigenvalue weighted by Gasteiger charge is -2.24. The van der Waals surface area contributed by atoms with Crippen molar-refractivity contribution in [1.29, 1.82) is 0 Å². The number of nitro benzene ring substituents is 1. The van der Waals surface area contributed by atoms with Crippen molar-refractivity contribution in [1.82, 2.24) is 5.43 Å². The molecule has 0 atom stereocenters. The SMILES string of the molecule is NNC(=O)c1cc([N+](=O)[O-])ccc1NC1CCCCC1. The first-order chi connectivity index (χ1) is 9.61. The summed E-state index contributed by atoms with van der Waals surface area (Å²) in [6.07, 6.45) is 5.63. The molecule has 0 unspecified atom stereocenters. The molecule has 0 spiro atoms. The lowest BCUT2D eigenvalue weighted by atomic mass is 9.95. The van der Waals surface area contributed by atoms with Gasteiger partial charge < -0.3 is 5.32 Å². The Labute approximate surface area is 116 Å². The summed E-state index contributed by atoms with van der Waals surface area (Å²) in [5, 5.41) is 14.1. The van der Waals surface area contributed by atoms with Crippen LogP contribution in [0.2, 0.25) is 0 Å². The van der Waals surface area contributed by atoms with Gasteiger partial charge in [0.1, 0.15) is 0 Å². The molecule has 1 aromatic carbocycles. The summed E-state index contributed by atoms with van der Waals surface area (Å²) in [5.74, 6) is 4.60. The van der Waals surface area contributed by atoms with Crippen LogP contribution in [-0.4, -0.2) is 16.9 Å². The third-order valence-corrected chi connectivity index (χ3v) is 3.55. The minimum absolute atomic E-state index is 0.127. The molecule has 4 N–H and O–H groups in total. The second-order valence-electron chi connectivity index (χ2n) is 4.94. The first kappa shape index (κ1) is 14.3. The van der Waals surface area contributed by atoms with E-state index in [2.05, 4.69) is 5.32 Å². The van der Waals surface area contributed by atoms with Gasteiger partial charge in [-0.1, -0.05) is 19.3 Å². The predicted octanol–water partition coefficient (Wildman–Crippen LogP) is 1.94. The second kappa shape index (κ2) is 6.33. The molecule has 1 aliphatic rings. The van der Waals surface area contributed by atoms with Crippen LogP contribution in [0.1, 0.15) is 42.5 Å². The van der Waals surface area contributed by atoms with E-state index in [4.69, 9.17) is 5.84 Å². The van der Waals surface area contributed by atoms with Crippen molar-refractivity contribution in [2.75, 3.05) is 5.32 Å². The minimum atomic E-state index is -0.535. The third kappa shape index (κ3) is 3.24. The van der Waals surface area contributed by atoms with Crippen LogP contribution in [-0.2, 0) is 0 Å². The zero-order valence-corrected chi connectivity index (χ0v) is 11.1. The lowest BCUT2D eigenvalue weighted by Crippen LogP contribution is -2.31. The second-order valence-corrected chi connectivity index (χ2v) is 4.94. The fraction of sp³-hybridized carbons (Fsp3) is 0.462. The molecule has 7 nitrogen and oxygen atoms in total. The van der Waals surface area contributed by atoms with Gasteiger partial charge >= 0.3 is 0 Å². The van der Waals surface area contributed by atoms with Crippen molar-refractivity contribution in [3.8, 4) is 0 Å². The zero-order valence-electron chi connectivity index (χ0n) is 11.1. The van der Waals surface area contributed by atoms with Crippen LogP contribution in [0.4, 0.5) is 11.4 Å². The maximum absolute atomic E-state index is 11.8. The lowest BCUT2D eigenvalue weighted by molar-refractivity contribution is -0.384. The van der Waals surface area contributed by atoms with Crippen LogP contribution < -0.4 is 16.6 Å². The smallest absolute Gasteiger partial charge is 0.270 e. The Balaban J connectivity index is 2.25. The van der Waals surface area contributed by atoms with Crippen molar-refractivity contribution in [2.24, 2.45) is 5.84 Å². The van der Waals surface area contributed by atoms with Crippen molar-refractivity contribution in [3.63, 3.8) is 0 Å². The van der Waals surface area contributed by atoms with Crippen LogP contribution in [0.15, 0.2) is 18.2 Å². The van der Waals surface area contributed by atoms with E-state index in [9.17, 15) is 14.9 Å². The Kier molecular flexibility index (Phi) is 4.52. The van der Waals surface area contributed by atoms with E-state index in [0.717, 1.165) is 25.7 Å². The summed E-state index contributed by atoms with van der Waals surface area (Å²) in [6.45, 7) is 0. The first-order valence-corrected chi connectivity index (χ1v) is 6.67. The number of nitrogens with two attached hydrogens (primary N) is 1. The number of hydrazine groups is 1. The van der Waals surface area contributed by atoms with Gasteiger partial charge in [0.15, 0.2) is 0 Å². The summed E-state index contributed by atoms with van der Waals surface area (Å²) in [7, 11) is 0. The third-order valence-electron chi connectivity index (χ3n) is 3.55. The summed E-state index contributed by atoms with van der Waals surface area (Å²) in [4.78, 5) is 22.0. The Morgan fingerprint density at radius 2 is 2.00 bits per heavy atom. The first-order valence-electron chi connectivity index (χ1n) is 6.67. The van der Waals surface area contributed by atoms with Crippen LogP contribution in [0.25, 0.3) is 0 Å². The Hall–Kier alpha value is -2.15. The van der Waals surface area contributed by atoms with Crippen molar-refractivity contribution in [3.05, 3.63) is 33.9 Å². The predicted molar refractivity (Wildman–Crippen MR) is 75.2 cm³/mol. The van der Waals surface area contributed by atoms with Gasteiger partial charge in [0.25, 0.3) is 11.6 Å². The van der Waals surface area contributed by atoms with Gasteiger partial charge in [-0.05, 0) is 18.9 Å². The quantitative estimate of drug-likeness (QED) is 0.337. The van der Waals surface area contributed by atoms with Crippen LogP contribution in [0.5, 0.6) is 0 Å². The molecule has 0 saturated heterocycles. The number of carbonyl (C=O) groups is 1. The average molecular weight is 278 g/mol. The molecule has 20 heavy (non-hydrogen) atoms. The van der Waals surface area contributed by atoms with Crippen molar-refractivity contribution >= 4 is 17.3 Å². The number of rotatable bonds is 4. The number of amides is 1. The summed E-state index contributed by atoms with van der Waals surface area (Å²) >= 11 is 0. The highest BCUT2D eigenvalue weighted by molar-refractivity contribution is 6.00. The standard InChI is InChI=1S/C13H18N4O3/c14-16-13(18)11-8-10(17(19)20)6-7-12(11)15-9-4-2-1-3-5-9/h6-9,15H,1-5,14H2,(H,16,18). The number of nitrogens with zero attached hydrogens (tertiary/aromatic N) is 1.